The molecule has 0 amide bonds. The zero-order chi connectivity index (χ0) is 17.1. The van der Waals surface area contributed by atoms with E-state index >= 15 is 0 Å². The standard InChI is InChI=1S/C16H31NO6/c1-15(2)20-11(5-13(9-18)22-15)7-17-8-12-6-14(10-19)23-16(3,4)21-12/h11-14,17-19H,5-10H2,1-4H3/t11-,12?,13+,14?/m1/s1. The zero-order valence-electron chi connectivity index (χ0n) is 14.6. The van der Waals surface area contributed by atoms with E-state index in [1.165, 1.54) is 0 Å². The predicted molar refractivity (Wildman–Crippen MR) is 83.9 cm³/mol. The fourth-order valence-corrected chi connectivity index (χ4v) is 3.32. The third-order valence-corrected chi connectivity index (χ3v) is 4.00. The van der Waals surface area contributed by atoms with Crippen LogP contribution in [0.15, 0.2) is 0 Å². The molecule has 7 nitrogen and oxygen atoms in total. The van der Waals surface area contributed by atoms with E-state index in [0.29, 0.717) is 25.9 Å². The maximum absolute atomic E-state index is 9.33. The maximum atomic E-state index is 9.33. The lowest BCUT2D eigenvalue weighted by Crippen LogP contribution is -2.51. The van der Waals surface area contributed by atoms with Crippen molar-refractivity contribution in [2.24, 2.45) is 0 Å². The van der Waals surface area contributed by atoms with Crippen LogP contribution in [-0.2, 0) is 18.9 Å². The van der Waals surface area contributed by atoms with Crippen LogP contribution in [0.4, 0.5) is 0 Å². The molecule has 0 aromatic rings. The van der Waals surface area contributed by atoms with Gasteiger partial charge >= 0.3 is 0 Å². The Balaban J connectivity index is 1.77. The normalized spacial score (nSPS) is 36.8. The molecule has 2 fully saturated rings. The third-order valence-electron chi connectivity index (χ3n) is 4.00. The SMILES string of the molecule is CC1(C)OC(CO)CC(CNC[C@H]2C[C@@H](CO)OC(C)(C)O2)O1. The zero-order valence-corrected chi connectivity index (χ0v) is 14.6. The van der Waals surface area contributed by atoms with Crippen molar-refractivity contribution in [2.75, 3.05) is 26.3 Å². The molecule has 2 saturated heterocycles. The van der Waals surface area contributed by atoms with Gasteiger partial charge in [-0.25, -0.2) is 0 Å². The van der Waals surface area contributed by atoms with E-state index in [9.17, 15) is 10.2 Å². The van der Waals surface area contributed by atoms with Crippen molar-refractivity contribution >= 4 is 0 Å². The Bertz CT molecular complexity index is 342. The smallest absolute Gasteiger partial charge is 0.163 e. The van der Waals surface area contributed by atoms with Crippen molar-refractivity contribution in [3.8, 4) is 0 Å². The minimum Gasteiger partial charge on any atom is -0.394 e. The first-order chi connectivity index (χ1) is 10.7. The van der Waals surface area contributed by atoms with Gasteiger partial charge in [0, 0.05) is 25.9 Å². The van der Waals surface area contributed by atoms with E-state index in [4.69, 9.17) is 18.9 Å². The summed E-state index contributed by atoms with van der Waals surface area (Å²) in [4.78, 5) is 0. The topological polar surface area (TPSA) is 89.4 Å². The predicted octanol–water partition coefficient (Wildman–Crippen LogP) is 0.381. The first-order valence-corrected chi connectivity index (χ1v) is 8.36. The molecule has 2 aliphatic heterocycles. The molecule has 2 unspecified atom stereocenters. The Morgan fingerprint density at radius 1 is 0.739 bits per heavy atom. The second kappa shape index (κ2) is 7.74. The minimum absolute atomic E-state index is 0.00126. The van der Waals surface area contributed by atoms with E-state index in [2.05, 4.69) is 5.32 Å². The lowest BCUT2D eigenvalue weighted by atomic mass is 10.1. The molecule has 2 rings (SSSR count). The lowest BCUT2D eigenvalue weighted by molar-refractivity contribution is -0.306. The van der Waals surface area contributed by atoms with Gasteiger partial charge in [0.05, 0.1) is 37.6 Å². The number of hydrogen-bond acceptors (Lipinski definition) is 7. The molecular formula is C16H31NO6. The van der Waals surface area contributed by atoms with Gasteiger partial charge in [0.1, 0.15) is 0 Å². The summed E-state index contributed by atoms with van der Waals surface area (Å²) in [7, 11) is 0. The largest absolute Gasteiger partial charge is 0.394 e. The van der Waals surface area contributed by atoms with Gasteiger partial charge in [-0.1, -0.05) is 0 Å². The highest BCUT2D eigenvalue weighted by Crippen LogP contribution is 2.27. The van der Waals surface area contributed by atoms with Crippen LogP contribution >= 0.6 is 0 Å². The molecule has 2 heterocycles. The molecule has 0 aromatic carbocycles. The Labute approximate surface area is 138 Å². The highest BCUT2D eigenvalue weighted by atomic mass is 16.7. The van der Waals surface area contributed by atoms with Crippen LogP contribution in [0.1, 0.15) is 40.5 Å². The van der Waals surface area contributed by atoms with Gasteiger partial charge in [-0.2, -0.15) is 0 Å². The van der Waals surface area contributed by atoms with Gasteiger partial charge < -0.3 is 34.5 Å². The van der Waals surface area contributed by atoms with Gasteiger partial charge in [0.25, 0.3) is 0 Å². The average Bonchev–Trinajstić information content (AvgIpc) is 2.43. The van der Waals surface area contributed by atoms with Crippen LogP contribution in [0.25, 0.3) is 0 Å². The lowest BCUT2D eigenvalue weighted by Gasteiger charge is -2.41. The fraction of sp³-hybridized carbons (Fsp3) is 1.00. The van der Waals surface area contributed by atoms with E-state index in [1.807, 2.05) is 27.7 Å². The van der Waals surface area contributed by atoms with Crippen molar-refractivity contribution in [1.29, 1.82) is 0 Å². The first-order valence-electron chi connectivity index (χ1n) is 8.36. The summed E-state index contributed by atoms with van der Waals surface area (Å²) in [5.74, 6) is -1.37. The van der Waals surface area contributed by atoms with E-state index in [-0.39, 0.29) is 37.6 Å². The van der Waals surface area contributed by atoms with E-state index in [1.54, 1.807) is 0 Å². The van der Waals surface area contributed by atoms with Crippen LogP contribution in [-0.4, -0.2) is 72.5 Å². The molecule has 136 valence electrons. The van der Waals surface area contributed by atoms with Gasteiger partial charge in [0.2, 0.25) is 0 Å². The van der Waals surface area contributed by atoms with Gasteiger partial charge in [-0.05, 0) is 27.7 Å². The highest BCUT2D eigenvalue weighted by Gasteiger charge is 2.37. The molecular weight excluding hydrogens is 302 g/mol. The molecule has 0 radical (unpaired) electrons. The van der Waals surface area contributed by atoms with Crippen molar-refractivity contribution in [3.63, 3.8) is 0 Å². The van der Waals surface area contributed by atoms with Crippen molar-refractivity contribution < 1.29 is 29.2 Å². The van der Waals surface area contributed by atoms with E-state index < -0.39 is 11.6 Å². The van der Waals surface area contributed by atoms with Crippen LogP contribution in [0.5, 0.6) is 0 Å². The maximum Gasteiger partial charge on any atom is 0.163 e. The Kier molecular flexibility index (Phi) is 6.41. The molecule has 0 spiro atoms. The summed E-state index contributed by atoms with van der Waals surface area (Å²) in [6.45, 7) is 8.75. The molecule has 3 N–H and O–H groups in total. The van der Waals surface area contributed by atoms with Gasteiger partial charge in [0.15, 0.2) is 11.6 Å². The number of aliphatic hydroxyl groups excluding tert-OH is 2. The summed E-state index contributed by atoms with van der Waals surface area (Å²) in [5.41, 5.74) is 0. The number of ether oxygens (including phenoxy) is 4. The van der Waals surface area contributed by atoms with Crippen LogP contribution in [0, 0.1) is 0 Å². The van der Waals surface area contributed by atoms with Crippen molar-refractivity contribution in [3.05, 3.63) is 0 Å². The van der Waals surface area contributed by atoms with Crippen molar-refractivity contribution in [1.82, 2.24) is 5.32 Å². The highest BCUT2D eigenvalue weighted by molar-refractivity contribution is 4.80. The summed E-state index contributed by atoms with van der Waals surface area (Å²) in [5, 5.41) is 22.0. The van der Waals surface area contributed by atoms with Gasteiger partial charge in [-0.3, -0.25) is 0 Å². The van der Waals surface area contributed by atoms with Crippen LogP contribution in [0.2, 0.25) is 0 Å². The quantitative estimate of drug-likeness (QED) is 0.647. The number of rotatable bonds is 6. The molecule has 0 saturated carbocycles. The Hall–Kier alpha value is -0.280. The Morgan fingerprint density at radius 3 is 1.43 bits per heavy atom. The fourth-order valence-electron chi connectivity index (χ4n) is 3.32. The molecule has 0 aromatic heterocycles. The van der Waals surface area contributed by atoms with E-state index in [0.717, 1.165) is 0 Å². The number of nitrogens with one attached hydrogen (secondary N) is 1. The van der Waals surface area contributed by atoms with Crippen LogP contribution in [0.3, 0.4) is 0 Å². The molecule has 2 aliphatic rings. The summed E-state index contributed by atoms with van der Waals surface area (Å²) < 4.78 is 23.0. The molecule has 0 aliphatic carbocycles. The average molecular weight is 333 g/mol. The first kappa shape index (κ1) is 19.1. The van der Waals surface area contributed by atoms with Gasteiger partial charge in [-0.15, -0.1) is 0 Å². The third kappa shape index (κ3) is 5.94. The molecule has 23 heavy (non-hydrogen) atoms. The Morgan fingerprint density at radius 2 is 1.09 bits per heavy atom. The number of aliphatic hydroxyl groups is 2. The monoisotopic (exact) mass is 333 g/mol. The van der Waals surface area contributed by atoms with Crippen LogP contribution < -0.4 is 5.32 Å². The minimum atomic E-state index is -0.683. The molecule has 0 bridgehead atoms. The molecule has 4 atom stereocenters. The summed E-state index contributed by atoms with van der Waals surface area (Å²) in [6, 6.07) is 0. The summed E-state index contributed by atoms with van der Waals surface area (Å²) >= 11 is 0. The van der Waals surface area contributed by atoms with Crippen molar-refractivity contribution in [2.45, 2.75) is 76.5 Å². The number of hydrogen-bond donors (Lipinski definition) is 3. The summed E-state index contributed by atoms with van der Waals surface area (Å²) in [6.07, 6.45) is 0.901. The molecule has 7 heteroatoms. The second-order valence-corrected chi connectivity index (χ2v) is 7.25. The second-order valence-electron chi connectivity index (χ2n) is 7.25.